The maximum absolute atomic E-state index is 9.15. The lowest BCUT2D eigenvalue weighted by Crippen LogP contribution is -2.10. The van der Waals surface area contributed by atoms with Gasteiger partial charge in [0.1, 0.15) is 6.07 Å². The Kier molecular flexibility index (Phi) is 3.81. The molecule has 0 unspecified atom stereocenters. The molecule has 2 rings (SSSR count). The highest BCUT2D eigenvalue weighted by molar-refractivity contribution is 5.67. The fraction of sp³-hybridized carbons (Fsp3) is 0.278. The quantitative estimate of drug-likeness (QED) is 0.836. The van der Waals surface area contributed by atoms with Crippen molar-refractivity contribution in [3.05, 3.63) is 59.2 Å². The largest absolute Gasteiger partial charge is 0.354 e. The van der Waals surface area contributed by atoms with E-state index in [0.29, 0.717) is 5.56 Å². The molecular weight excluding hydrogens is 244 g/mol. The molecule has 0 aliphatic rings. The number of nitrogens with zero attached hydrogens (tertiary/aromatic N) is 1. The topological polar surface area (TPSA) is 35.8 Å². The molecule has 0 aromatic heterocycles. The molecule has 0 aliphatic heterocycles. The summed E-state index contributed by atoms with van der Waals surface area (Å²) in [7, 11) is 0. The first kappa shape index (κ1) is 14.1. The van der Waals surface area contributed by atoms with Crippen LogP contribution in [0.25, 0.3) is 0 Å². The summed E-state index contributed by atoms with van der Waals surface area (Å²) < 4.78 is 0. The second kappa shape index (κ2) is 5.38. The minimum absolute atomic E-state index is 0.152. The van der Waals surface area contributed by atoms with Gasteiger partial charge in [0.25, 0.3) is 0 Å². The molecule has 1 N–H and O–H groups in total. The summed E-state index contributed by atoms with van der Waals surface area (Å²) in [6, 6.07) is 16.4. The highest BCUT2D eigenvalue weighted by Gasteiger charge is 2.13. The Balaban J connectivity index is 2.27. The van der Waals surface area contributed by atoms with Crippen LogP contribution in [0.4, 0.5) is 11.4 Å². The summed E-state index contributed by atoms with van der Waals surface area (Å²) in [4.78, 5) is 0. The molecule has 2 heteroatoms. The molecule has 0 heterocycles. The second-order valence-electron chi connectivity index (χ2n) is 6.11. The fourth-order valence-electron chi connectivity index (χ4n) is 2.07. The van der Waals surface area contributed by atoms with Crippen LogP contribution in [0.15, 0.2) is 42.5 Å². The Labute approximate surface area is 121 Å². The van der Waals surface area contributed by atoms with Crippen LogP contribution >= 0.6 is 0 Å². The Morgan fingerprint density at radius 1 is 1.00 bits per heavy atom. The van der Waals surface area contributed by atoms with Crippen LogP contribution in [0.5, 0.6) is 0 Å². The van der Waals surface area contributed by atoms with E-state index in [2.05, 4.69) is 56.4 Å². The molecule has 2 nitrogen and oxygen atoms in total. The molecule has 0 atom stereocenters. The maximum atomic E-state index is 9.15. The molecule has 0 amide bonds. The van der Waals surface area contributed by atoms with Crippen LogP contribution in [0.2, 0.25) is 0 Å². The Morgan fingerprint density at radius 2 is 1.65 bits per heavy atom. The number of nitriles is 1. The average molecular weight is 264 g/mol. The van der Waals surface area contributed by atoms with E-state index in [-0.39, 0.29) is 5.41 Å². The van der Waals surface area contributed by atoms with Crippen LogP contribution in [-0.4, -0.2) is 0 Å². The van der Waals surface area contributed by atoms with Gasteiger partial charge in [-0.2, -0.15) is 5.26 Å². The van der Waals surface area contributed by atoms with E-state index in [1.54, 1.807) is 0 Å². The van der Waals surface area contributed by atoms with Gasteiger partial charge in [0.05, 0.1) is 11.3 Å². The summed E-state index contributed by atoms with van der Waals surface area (Å²) in [5, 5.41) is 12.5. The highest BCUT2D eigenvalue weighted by Crippen LogP contribution is 2.26. The normalized spacial score (nSPS) is 10.9. The third-order valence-electron chi connectivity index (χ3n) is 3.33. The summed E-state index contributed by atoms with van der Waals surface area (Å²) in [5.74, 6) is 0. The van der Waals surface area contributed by atoms with Crippen LogP contribution < -0.4 is 5.32 Å². The number of anilines is 2. The van der Waals surface area contributed by atoms with Crippen LogP contribution in [0.3, 0.4) is 0 Å². The van der Waals surface area contributed by atoms with Gasteiger partial charge in [-0.15, -0.1) is 0 Å². The molecule has 0 spiro atoms. The number of nitrogens with one attached hydrogen (secondary N) is 1. The zero-order valence-electron chi connectivity index (χ0n) is 12.5. The SMILES string of the molecule is Cc1ccc(C#N)c(Nc2ccc(C(C)(C)C)cc2)c1. The summed E-state index contributed by atoms with van der Waals surface area (Å²) in [5.41, 5.74) is 5.11. The van der Waals surface area contributed by atoms with E-state index >= 15 is 0 Å². The van der Waals surface area contributed by atoms with Crippen LogP contribution in [0.1, 0.15) is 37.5 Å². The molecule has 0 saturated carbocycles. The molecule has 2 aromatic rings. The van der Waals surface area contributed by atoms with Crippen molar-refractivity contribution in [1.82, 2.24) is 0 Å². The highest BCUT2D eigenvalue weighted by atomic mass is 14.9. The predicted octanol–water partition coefficient (Wildman–Crippen LogP) is 4.91. The lowest BCUT2D eigenvalue weighted by Gasteiger charge is -2.19. The van der Waals surface area contributed by atoms with E-state index in [0.717, 1.165) is 16.9 Å². The third kappa shape index (κ3) is 3.19. The van der Waals surface area contributed by atoms with Gasteiger partial charge in [0.15, 0.2) is 0 Å². The third-order valence-corrected chi connectivity index (χ3v) is 3.33. The number of aryl methyl sites for hydroxylation is 1. The first-order valence-corrected chi connectivity index (χ1v) is 6.78. The van der Waals surface area contributed by atoms with Crippen molar-refractivity contribution in [3.63, 3.8) is 0 Å². The van der Waals surface area contributed by atoms with Gasteiger partial charge in [-0.3, -0.25) is 0 Å². The van der Waals surface area contributed by atoms with Gasteiger partial charge in [-0.25, -0.2) is 0 Å². The summed E-state index contributed by atoms with van der Waals surface area (Å²) >= 11 is 0. The summed E-state index contributed by atoms with van der Waals surface area (Å²) in [6.07, 6.45) is 0. The molecular formula is C18H20N2. The first-order valence-electron chi connectivity index (χ1n) is 6.78. The molecule has 2 aromatic carbocycles. The number of hydrogen-bond donors (Lipinski definition) is 1. The Morgan fingerprint density at radius 3 is 2.20 bits per heavy atom. The lowest BCUT2D eigenvalue weighted by molar-refractivity contribution is 0.590. The van der Waals surface area contributed by atoms with Gasteiger partial charge in [-0.1, -0.05) is 39.0 Å². The Bertz CT molecular complexity index is 641. The lowest BCUT2D eigenvalue weighted by atomic mass is 9.87. The van der Waals surface area contributed by atoms with Gasteiger partial charge in [0.2, 0.25) is 0 Å². The van der Waals surface area contributed by atoms with Crippen molar-refractivity contribution in [2.45, 2.75) is 33.1 Å². The predicted molar refractivity (Wildman–Crippen MR) is 84.3 cm³/mol. The zero-order valence-corrected chi connectivity index (χ0v) is 12.5. The van der Waals surface area contributed by atoms with Crippen molar-refractivity contribution in [2.24, 2.45) is 0 Å². The monoisotopic (exact) mass is 264 g/mol. The molecule has 0 aliphatic carbocycles. The van der Waals surface area contributed by atoms with Crippen LogP contribution in [0, 0.1) is 18.3 Å². The zero-order chi connectivity index (χ0) is 14.8. The molecule has 0 saturated heterocycles. The number of hydrogen-bond acceptors (Lipinski definition) is 2. The molecule has 0 radical (unpaired) electrons. The molecule has 0 fully saturated rings. The standard InChI is InChI=1S/C18H20N2/c1-13-5-6-14(12-19)17(11-13)20-16-9-7-15(8-10-16)18(2,3)4/h5-11,20H,1-4H3. The smallest absolute Gasteiger partial charge is 0.101 e. The average Bonchev–Trinajstić information content (AvgIpc) is 2.38. The second-order valence-corrected chi connectivity index (χ2v) is 6.11. The molecule has 102 valence electrons. The van der Waals surface area contributed by atoms with E-state index in [1.807, 2.05) is 25.1 Å². The number of rotatable bonds is 2. The minimum atomic E-state index is 0.152. The fourth-order valence-corrected chi connectivity index (χ4v) is 2.07. The van der Waals surface area contributed by atoms with Crippen molar-refractivity contribution in [3.8, 4) is 6.07 Å². The number of benzene rings is 2. The van der Waals surface area contributed by atoms with E-state index in [1.165, 1.54) is 5.56 Å². The van der Waals surface area contributed by atoms with Crippen molar-refractivity contribution >= 4 is 11.4 Å². The summed E-state index contributed by atoms with van der Waals surface area (Å²) in [6.45, 7) is 8.62. The minimum Gasteiger partial charge on any atom is -0.354 e. The first-order chi connectivity index (χ1) is 9.40. The van der Waals surface area contributed by atoms with Gasteiger partial charge >= 0.3 is 0 Å². The molecule has 20 heavy (non-hydrogen) atoms. The van der Waals surface area contributed by atoms with E-state index < -0.39 is 0 Å². The van der Waals surface area contributed by atoms with Gasteiger partial charge in [0, 0.05) is 5.69 Å². The van der Waals surface area contributed by atoms with Crippen LogP contribution in [-0.2, 0) is 5.41 Å². The molecule has 0 bridgehead atoms. The maximum Gasteiger partial charge on any atom is 0.101 e. The van der Waals surface area contributed by atoms with Gasteiger partial charge in [-0.05, 0) is 47.7 Å². The van der Waals surface area contributed by atoms with E-state index in [4.69, 9.17) is 5.26 Å². The van der Waals surface area contributed by atoms with E-state index in [9.17, 15) is 0 Å². The van der Waals surface area contributed by atoms with Crippen molar-refractivity contribution < 1.29 is 0 Å². The van der Waals surface area contributed by atoms with Crippen molar-refractivity contribution in [1.29, 1.82) is 5.26 Å². The Hall–Kier alpha value is -2.27. The van der Waals surface area contributed by atoms with Gasteiger partial charge < -0.3 is 5.32 Å². The van der Waals surface area contributed by atoms with Crippen molar-refractivity contribution in [2.75, 3.05) is 5.32 Å².